The van der Waals surface area contributed by atoms with E-state index in [1.54, 1.807) is 6.92 Å². The van der Waals surface area contributed by atoms with Crippen LogP contribution in [-0.4, -0.2) is 30.1 Å². The van der Waals surface area contributed by atoms with Crippen molar-refractivity contribution in [1.82, 2.24) is 5.32 Å². The molecule has 132 valence electrons. The first-order valence-electron chi connectivity index (χ1n) is 8.26. The molecule has 2 N–H and O–H groups in total. The average Bonchev–Trinajstić information content (AvgIpc) is 2.61. The fourth-order valence-corrected chi connectivity index (χ4v) is 2.51. The second kappa shape index (κ2) is 9.59. The van der Waals surface area contributed by atoms with Crippen molar-refractivity contribution in [3.05, 3.63) is 71.8 Å². The summed E-state index contributed by atoms with van der Waals surface area (Å²) in [4.78, 5) is 22.7. The molecule has 1 amide bonds. The van der Waals surface area contributed by atoms with Crippen molar-refractivity contribution >= 4 is 11.9 Å². The van der Waals surface area contributed by atoms with Gasteiger partial charge in [0.25, 0.3) is 0 Å². The Hall–Kier alpha value is -2.66. The Bertz CT molecular complexity index is 633. The lowest BCUT2D eigenvalue weighted by atomic mass is 10.0. The number of carboxylic acids is 1. The maximum atomic E-state index is 12.0. The van der Waals surface area contributed by atoms with Crippen molar-refractivity contribution in [3.63, 3.8) is 0 Å². The van der Waals surface area contributed by atoms with Gasteiger partial charge in [0.2, 0.25) is 5.91 Å². The summed E-state index contributed by atoms with van der Waals surface area (Å²) in [6.07, 6.45) is -0.303. The van der Waals surface area contributed by atoms with Crippen LogP contribution in [0.1, 0.15) is 30.6 Å². The minimum Gasteiger partial charge on any atom is -0.481 e. The number of carbonyl (C=O) groups is 2. The van der Waals surface area contributed by atoms with Crippen LogP contribution in [0.4, 0.5) is 0 Å². The van der Waals surface area contributed by atoms with E-state index in [1.165, 1.54) is 0 Å². The van der Waals surface area contributed by atoms with Gasteiger partial charge >= 0.3 is 5.97 Å². The normalized spacial score (nSPS) is 11.9. The van der Waals surface area contributed by atoms with Gasteiger partial charge < -0.3 is 15.2 Å². The van der Waals surface area contributed by atoms with E-state index in [-0.39, 0.29) is 31.0 Å². The zero-order chi connectivity index (χ0) is 18.1. The second-order valence-electron chi connectivity index (χ2n) is 6.02. The Labute approximate surface area is 147 Å². The molecular weight excluding hydrogens is 318 g/mol. The molecule has 0 aliphatic carbocycles. The lowest BCUT2D eigenvalue weighted by Gasteiger charge is -2.19. The number of hydrogen-bond donors (Lipinski definition) is 2. The highest BCUT2D eigenvalue weighted by atomic mass is 16.5. The van der Waals surface area contributed by atoms with Crippen LogP contribution in [0.5, 0.6) is 0 Å². The van der Waals surface area contributed by atoms with E-state index in [4.69, 9.17) is 9.84 Å². The van der Waals surface area contributed by atoms with Crippen LogP contribution in [0, 0.1) is 5.92 Å². The molecule has 2 aromatic rings. The first-order valence-corrected chi connectivity index (χ1v) is 8.26. The zero-order valence-electron chi connectivity index (χ0n) is 14.2. The van der Waals surface area contributed by atoms with Crippen LogP contribution in [0.15, 0.2) is 60.7 Å². The predicted molar refractivity (Wildman–Crippen MR) is 95.1 cm³/mol. The molecule has 0 fully saturated rings. The Morgan fingerprint density at radius 3 is 2.00 bits per heavy atom. The highest BCUT2D eigenvalue weighted by Gasteiger charge is 2.16. The Kier molecular flexibility index (Phi) is 7.16. The molecule has 0 aliphatic rings. The van der Waals surface area contributed by atoms with Gasteiger partial charge in [0.05, 0.1) is 0 Å². The fraction of sp³-hybridized carbons (Fsp3) is 0.300. The van der Waals surface area contributed by atoms with Crippen LogP contribution < -0.4 is 5.32 Å². The van der Waals surface area contributed by atoms with Crippen LogP contribution >= 0.6 is 0 Å². The smallest absolute Gasteiger partial charge is 0.303 e. The third-order valence-corrected chi connectivity index (χ3v) is 3.76. The summed E-state index contributed by atoms with van der Waals surface area (Å²) in [6, 6.07) is 19.4. The largest absolute Gasteiger partial charge is 0.481 e. The average molecular weight is 341 g/mol. The lowest BCUT2D eigenvalue weighted by molar-refractivity contribution is -0.138. The predicted octanol–water partition coefficient (Wildman–Crippen LogP) is 3.02. The van der Waals surface area contributed by atoms with Gasteiger partial charge in [-0.15, -0.1) is 0 Å². The summed E-state index contributed by atoms with van der Waals surface area (Å²) in [6.45, 7) is 2.01. The van der Waals surface area contributed by atoms with Crippen LogP contribution in [0.25, 0.3) is 0 Å². The number of nitrogens with one attached hydrogen (secondary N) is 1. The molecular formula is C20H23NO4. The third-order valence-electron chi connectivity index (χ3n) is 3.76. The van der Waals surface area contributed by atoms with Gasteiger partial charge in [-0.25, -0.2) is 0 Å². The first-order chi connectivity index (χ1) is 12.1. The van der Waals surface area contributed by atoms with E-state index >= 15 is 0 Å². The van der Waals surface area contributed by atoms with Crippen molar-refractivity contribution in [2.45, 2.75) is 19.4 Å². The number of hydrogen-bond acceptors (Lipinski definition) is 3. The highest BCUT2D eigenvalue weighted by molar-refractivity contribution is 5.77. The molecule has 0 aliphatic heterocycles. The van der Waals surface area contributed by atoms with Crippen molar-refractivity contribution in [3.8, 4) is 0 Å². The minimum atomic E-state index is -0.869. The second-order valence-corrected chi connectivity index (χ2v) is 6.02. The number of benzene rings is 2. The van der Waals surface area contributed by atoms with E-state index in [1.807, 2.05) is 60.7 Å². The highest BCUT2D eigenvalue weighted by Crippen LogP contribution is 2.25. The number of carboxylic acid groups (broad SMARTS) is 1. The van der Waals surface area contributed by atoms with Gasteiger partial charge in [0, 0.05) is 13.0 Å². The van der Waals surface area contributed by atoms with Crippen LogP contribution in [-0.2, 0) is 14.3 Å². The molecule has 5 heteroatoms. The van der Waals surface area contributed by atoms with E-state index in [0.717, 1.165) is 11.1 Å². The van der Waals surface area contributed by atoms with Crippen molar-refractivity contribution in [2.24, 2.45) is 5.92 Å². The molecule has 0 radical (unpaired) electrons. The number of aliphatic carboxylic acids is 1. The van der Waals surface area contributed by atoms with Gasteiger partial charge in [-0.1, -0.05) is 67.6 Å². The van der Waals surface area contributed by atoms with Crippen molar-refractivity contribution in [1.29, 1.82) is 0 Å². The summed E-state index contributed by atoms with van der Waals surface area (Å²) in [5, 5.41) is 11.5. The van der Waals surface area contributed by atoms with E-state index in [9.17, 15) is 9.59 Å². The molecule has 2 aromatic carbocycles. The van der Waals surface area contributed by atoms with E-state index < -0.39 is 5.97 Å². The molecule has 0 spiro atoms. The molecule has 1 unspecified atom stereocenters. The molecule has 0 saturated carbocycles. The molecule has 0 saturated heterocycles. The van der Waals surface area contributed by atoms with Crippen LogP contribution in [0.2, 0.25) is 0 Å². The Balaban J connectivity index is 1.94. The number of rotatable bonds is 9. The molecule has 5 nitrogen and oxygen atoms in total. The summed E-state index contributed by atoms with van der Waals surface area (Å²) in [7, 11) is 0. The minimum absolute atomic E-state index is 0.0256. The summed E-state index contributed by atoms with van der Waals surface area (Å²) >= 11 is 0. The number of amides is 1. The van der Waals surface area contributed by atoms with Gasteiger partial charge in [0.1, 0.15) is 12.7 Å². The SMILES string of the molecule is CC(CNC(=O)COC(c1ccccc1)c1ccccc1)CC(=O)O. The summed E-state index contributed by atoms with van der Waals surface area (Å²) < 4.78 is 5.86. The number of ether oxygens (including phenoxy) is 1. The summed E-state index contributed by atoms with van der Waals surface area (Å²) in [5.41, 5.74) is 1.95. The first kappa shape index (κ1) is 18.7. The van der Waals surface area contributed by atoms with Crippen LogP contribution in [0.3, 0.4) is 0 Å². The molecule has 0 heterocycles. The topological polar surface area (TPSA) is 75.6 Å². The molecule has 25 heavy (non-hydrogen) atoms. The van der Waals surface area contributed by atoms with Crippen molar-refractivity contribution < 1.29 is 19.4 Å². The van der Waals surface area contributed by atoms with Crippen molar-refractivity contribution in [2.75, 3.05) is 13.2 Å². The quantitative estimate of drug-likeness (QED) is 0.735. The zero-order valence-corrected chi connectivity index (χ0v) is 14.2. The van der Waals surface area contributed by atoms with E-state index in [2.05, 4.69) is 5.32 Å². The van der Waals surface area contributed by atoms with E-state index in [0.29, 0.717) is 6.54 Å². The van der Waals surface area contributed by atoms with Gasteiger partial charge in [-0.05, 0) is 17.0 Å². The monoisotopic (exact) mass is 341 g/mol. The Morgan fingerprint density at radius 2 is 1.52 bits per heavy atom. The van der Waals surface area contributed by atoms with Gasteiger partial charge in [-0.3, -0.25) is 9.59 Å². The standard InChI is InChI=1S/C20H23NO4/c1-15(12-19(23)24)13-21-18(22)14-25-20(16-8-4-2-5-9-16)17-10-6-3-7-11-17/h2-11,15,20H,12-14H2,1H3,(H,21,22)(H,23,24). The Morgan fingerprint density at radius 1 is 1.00 bits per heavy atom. The van der Waals surface area contributed by atoms with Gasteiger partial charge in [0.15, 0.2) is 0 Å². The molecule has 2 rings (SSSR count). The molecule has 0 aromatic heterocycles. The maximum absolute atomic E-state index is 12.0. The maximum Gasteiger partial charge on any atom is 0.303 e. The summed E-state index contributed by atoms with van der Waals surface area (Å²) in [5.74, 6) is -1.25. The molecule has 0 bridgehead atoms. The fourth-order valence-electron chi connectivity index (χ4n) is 2.51. The molecule has 1 atom stereocenters. The van der Waals surface area contributed by atoms with Gasteiger partial charge in [-0.2, -0.15) is 0 Å². The third kappa shape index (κ3) is 6.39. The number of carbonyl (C=O) groups excluding carboxylic acids is 1. The lowest BCUT2D eigenvalue weighted by Crippen LogP contribution is -2.32.